The van der Waals surface area contributed by atoms with Crippen molar-refractivity contribution in [2.24, 2.45) is 0 Å². The lowest BCUT2D eigenvalue weighted by molar-refractivity contribution is 0.120. The maximum absolute atomic E-state index is 6.65. The molecule has 5 rings (SSSR count). The summed E-state index contributed by atoms with van der Waals surface area (Å²) in [5.41, 5.74) is 1.65. The van der Waals surface area contributed by atoms with E-state index < -0.39 is 0 Å². The zero-order chi connectivity index (χ0) is 22.1. The van der Waals surface area contributed by atoms with Crippen LogP contribution in [0.2, 0.25) is 5.02 Å². The van der Waals surface area contributed by atoms with E-state index in [9.17, 15) is 0 Å². The summed E-state index contributed by atoms with van der Waals surface area (Å²) in [6, 6.07) is 3.73. The predicted molar refractivity (Wildman–Crippen MR) is 124 cm³/mol. The maximum atomic E-state index is 6.65. The highest BCUT2D eigenvalue weighted by Crippen LogP contribution is 2.35. The van der Waals surface area contributed by atoms with Crippen LogP contribution in [0.3, 0.4) is 0 Å². The maximum Gasteiger partial charge on any atom is 0.197 e. The molecule has 0 bridgehead atoms. The summed E-state index contributed by atoms with van der Waals surface area (Å²) in [5, 5.41) is 10.5. The number of rotatable bonds is 7. The van der Waals surface area contributed by atoms with Gasteiger partial charge in [-0.05, 0) is 44.0 Å². The van der Waals surface area contributed by atoms with E-state index in [1.54, 1.807) is 10.9 Å². The highest BCUT2D eigenvalue weighted by molar-refractivity contribution is 7.99. The summed E-state index contributed by atoms with van der Waals surface area (Å²) in [5.74, 6) is 2.04. The SMILES string of the molecule is CCc1[nH]c2nc(Sc3cc(-n4cccn4)nc(C)n3)nc(NCC3CCCO3)c2c1Cl. The lowest BCUT2D eigenvalue weighted by atomic mass is 10.2. The van der Waals surface area contributed by atoms with Crippen molar-refractivity contribution in [1.29, 1.82) is 0 Å². The number of nitrogens with one attached hydrogen (secondary N) is 2. The average Bonchev–Trinajstić information content (AvgIpc) is 3.53. The van der Waals surface area contributed by atoms with Crippen molar-refractivity contribution in [2.45, 2.75) is 49.4 Å². The van der Waals surface area contributed by atoms with E-state index >= 15 is 0 Å². The monoisotopic (exact) mass is 470 g/mol. The Bertz CT molecular complexity index is 1240. The van der Waals surface area contributed by atoms with Crippen LogP contribution in [0, 0.1) is 6.92 Å². The summed E-state index contributed by atoms with van der Waals surface area (Å²) < 4.78 is 7.46. The standard InChI is InChI=1S/C21H23ClN8OS/c1-3-14-18(22)17-19(23-11-13-6-4-9-31-13)28-21(29-20(17)27-14)32-16-10-15(25-12(2)26-16)30-8-5-7-24-30/h5,7-8,10,13H,3-4,6,9,11H2,1-2H3,(H2,23,27,28,29). The van der Waals surface area contributed by atoms with Crippen molar-refractivity contribution in [1.82, 2.24) is 34.7 Å². The fourth-order valence-corrected chi connectivity index (χ4v) is 4.88. The predicted octanol–water partition coefficient (Wildman–Crippen LogP) is 4.20. The summed E-state index contributed by atoms with van der Waals surface area (Å²) in [6.07, 6.45) is 6.65. The van der Waals surface area contributed by atoms with Gasteiger partial charge in [-0.25, -0.2) is 24.6 Å². The molecule has 0 aromatic carbocycles. The van der Waals surface area contributed by atoms with Gasteiger partial charge in [-0.3, -0.25) is 0 Å². The zero-order valence-corrected chi connectivity index (χ0v) is 19.4. The molecular formula is C21H23ClN8OS. The van der Waals surface area contributed by atoms with Gasteiger partial charge in [-0.2, -0.15) is 5.10 Å². The molecule has 1 fully saturated rings. The molecule has 0 aliphatic carbocycles. The second-order valence-corrected chi connectivity index (χ2v) is 8.90. The van der Waals surface area contributed by atoms with Crippen LogP contribution in [-0.2, 0) is 11.2 Å². The van der Waals surface area contributed by atoms with E-state index in [0.29, 0.717) is 39.8 Å². The highest BCUT2D eigenvalue weighted by atomic mass is 35.5. The first kappa shape index (κ1) is 21.2. The summed E-state index contributed by atoms with van der Waals surface area (Å²) >= 11 is 8.02. The molecule has 5 heterocycles. The molecule has 1 aliphatic heterocycles. The number of nitrogens with zero attached hydrogens (tertiary/aromatic N) is 6. The molecule has 11 heteroatoms. The fourth-order valence-electron chi connectivity index (χ4n) is 3.71. The van der Waals surface area contributed by atoms with Gasteiger partial charge in [-0.1, -0.05) is 18.5 Å². The van der Waals surface area contributed by atoms with E-state index in [2.05, 4.69) is 32.3 Å². The van der Waals surface area contributed by atoms with Gasteiger partial charge in [0.25, 0.3) is 0 Å². The third-order valence-corrected chi connectivity index (χ3v) is 6.45. The van der Waals surface area contributed by atoms with Crippen LogP contribution in [-0.4, -0.2) is 54.0 Å². The Morgan fingerprint density at radius 3 is 2.97 bits per heavy atom. The molecule has 1 saturated heterocycles. The molecule has 0 saturated carbocycles. The third-order valence-electron chi connectivity index (χ3n) is 5.25. The van der Waals surface area contributed by atoms with Gasteiger partial charge in [0, 0.05) is 37.3 Å². The van der Waals surface area contributed by atoms with E-state index in [4.69, 9.17) is 26.3 Å². The minimum absolute atomic E-state index is 0.181. The number of aryl methyl sites for hydroxylation is 2. The number of fused-ring (bicyclic) bond motifs is 1. The lowest BCUT2D eigenvalue weighted by Crippen LogP contribution is -2.19. The van der Waals surface area contributed by atoms with Gasteiger partial charge in [0.15, 0.2) is 11.0 Å². The van der Waals surface area contributed by atoms with Gasteiger partial charge < -0.3 is 15.0 Å². The van der Waals surface area contributed by atoms with Crippen LogP contribution in [0.1, 0.15) is 31.3 Å². The Labute approximate surface area is 194 Å². The fraction of sp³-hybridized carbons (Fsp3) is 0.381. The smallest absolute Gasteiger partial charge is 0.197 e. The van der Waals surface area contributed by atoms with Crippen molar-refractivity contribution in [2.75, 3.05) is 18.5 Å². The van der Waals surface area contributed by atoms with Crippen LogP contribution >= 0.6 is 23.4 Å². The van der Waals surface area contributed by atoms with Crippen molar-refractivity contribution in [3.8, 4) is 5.82 Å². The molecular weight excluding hydrogens is 448 g/mol. The van der Waals surface area contributed by atoms with Crippen molar-refractivity contribution in [3.63, 3.8) is 0 Å². The minimum atomic E-state index is 0.181. The van der Waals surface area contributed by atoms with Crippen molar-refractivity contribution in [3.05, 3.63) is 41.1 Å². The van der Waals surface area contributed by atoms with Crippen molar-refractivity contribution >= 4 is 40.2 Å². The molecule has 4 aromatic rings. The van der Waals surface area contributed by atoms with Crippen LogP contribution < -0.4 is 5.32 Å². The molecule has 166 valence electrons. The number of halogens is 1. The second-order valence-electron chi connectivity index (χ2n) is 7.53. The molecule has 9 nitrogen and oxygen atoms in total. The Morgan fingerprint density at radius 1 is 1.31 bits per heavy atom. The van der Waals surface area contributed by atoms with Gasteiger partial charge in [-0.15, -0.1) is 0 Å². The molecule has 1 atom stereocenters. The van der Waals surface area contributed by atoms with E-state index in [1.807, 2.05) is 25.3 Å². The van der Waals surface area contributed by atoms with Crippen LogP contribution in [0.5, 0.6) is 0 Å². The van der Waals surface area contributed by atoms with Crippen molar-refractivity contribution < 1.29 is 4.74 Å². The Hall–Kier alpha value is -2.69. The number of aromatic nitrogens is 7. The average molecular weight is 471 g/mol. The number of hydrogen-bond acceptors (Lipinski definition) is 8. The van der Waals surface area contributed by atoms with Gasteiger partial charge in [0.2, 0.25) is 0 Å². The first-order valence-corrected chi connectivity index (χ1v) is 11.8. The summed E-state index contributed by atoms with van der Waals surface area (Å²) in [7, 11) is 0. The zero-order valence-electron chi connectivity index (χ0n) is 17.8. The molecule has 0 amide bonds. The largest absolute Gasteiger partial charge is 0.376 e. The third kappa shape index (κ3) is 4.30. The van der Waals surface area contributed by atoms with Crippen LogP contribution in [0.25, 0.3) is 16.9 Å². The number of H-pyrrole nitrogens is 1. The van der Waals surface area contributed by atoms with E-state index in [0.717, 1.165) is 42.0 Å². The first-order chi connectivity index (χ1) is 15.6. The molecule has 1 unspecified atom stereocenters. The van der Waals surface area contributed by atoms with E-state index in [-0.39, 0.29) is 6.10 Å². The number of aromatic amines is 1. The molecule has 4 aromatic heterocycles. The summed E-state index contributed by atoms with van der Waals surface area (Å²) in [4.78, 5) is 21.9. The van der Waals surface area contributed by atoms with Gasteiger partial charge >= 0.3 is 0 Å². The molecule has 1 aliphatic rings. The Kier molecular flexibility index (Phi) is 5.99. The highest BCUT2D eigenvalue weighted by Gasteiger charge is 2.20. The molecule has 0 radical (unpaired) electrons. The minimum Gasteiger partial charge on any atom is -0.376 e. The number of anilines is 1. The Balaban J connectivity index is 1.50. The topological polar surface area (TPSA) is 106 Å². The van der Waals surface area contributed by atoms with Crippen LogP contribution in [0.4, 0.5) is 5.82 Å². The van der Waals surface area contributed by atoms with E-state index in [1.165, 1.54) is 11.8 Å². The van der Waals surface area contributed by atoms with Gasteiger partial charge in [0.1, 0.15) is 22.3 Å². The lowest BCUT2D eigenvalue weighted by Gasteiger charge is -2.13. The van der Waals surface area contributed by atoms with Crippen LogP contribution in [0.15, 0.2) is 34.7 Å². The quantitative estimate of drug-likeness (QED) is 0.305. The number of hydrogen-bond donors (Lipinski definition) is 2. The second kappa shape index (κ2) is 9.05. The first-order valence-electron chi connectivity index (χ1n) is 10.6. The molecule has 0 spiro atoms. The summed E-state index contributed by atoms with van der Waals surface area (Å²) in [6.45, 7) is 5.39. The molecule has 32 heavy (non-hydrogen) atoms. The number of ether oxygens (including phenoxy) is 1. The van der Waals surface area contributed by atoms with Gasteiger partial charge in [0.05, 0.1) is 16.5 Å². The normalized spacial score (nSPS) is 16.2. The Morgan fingerprint density at radius 2 is 2.22 bits per heavy atom. The molecule has 2 N–H and O–H groups in total.